The number of fused-ring (bicyclic) bond motifs is 3. The fourth-order valence-electron chi connectivity index (χ4n) is 3.77. The van der Waals surface area contributed by atoms with Crippen molar-refractivity contribution in [3.8, 4) is 5.75 Å². The van der Waals surface area contributed by atoms with Gasteiger partial charge in [-0.25, -0.2) is 0 Å². The van der Waals surface area contributed by atoms with Crippen LogP contribution >= 0.6 is 0 Å². The minimum absolute atomic E-state index is 0.198. The second kappa shape index (κ2) is 7.24. The highest BCUT2D eigenvalue weighted by Gasteiger charge is 2.21. The highest BCUT2D eigenvalue weighted by Crippen LogP contribution is 2.26. The maximum Gasteiger partial charge on any atom is 0.227 e. The van der Waals surface area contributed by atoms with Crippen molar-refractivity contribution >= 4 is 16.8 Å². The zero-order chi connectivity index (χ0) is 17.9. The zero-order valence-electron chi connectivity index (χ0n) is 15.1. The van der Waals surface area contributed by atoms with Gasteiger partial charge in [-0.3, -0.25) is 4.79 Å². The van der Waals surface area contributed by atoms with Gasteiger partial charge in [-0.05, 0) is 42.7 Å². The van der Waals surface area contributed by atoms with Crippen LogP contribution in [0, 0.1) is 0 Å². The molecule has 0 saturated heterocycles. The summed E-state index contributed by atoms with van der Waals surface area (Å²) in [6, 6.07) is 16.3. The fourth-order valence-corrected chi connectivity index (χ4v) is 3.77. The van der Waals surface area contributed by atoms with Gasteiger partial charge in [0, 0.05) is 36.1 Å². The topological polar surface area (TPSA) is 45.3 Å². The molecule has 26 heavy (non-hydrogen) atoms. The molecule has 0 radical (unpaired) electrons. The van der Waals surface area contributed by atoms with Gasteiger partial charge in [0.25, 0.3) is 0 Å². The van der Waals surface area contributed by atoms with Gasteiger partial charge in [0.05, 0.1) is 13.0 Å². The van der Waals surface area contributed by atoms with Crippen LogP contribution < -0.4 is 4.74 Å². The molecular formula is C22H24N2O2. The Kier molecular flexibility index (Phi) is 4.65. The first kappa shape index (κ1) is 16.7. The first-order valence-electron chi connectivity index (χ1n) is 9.32. The van der Waals surface area contributed by atoms with E-state index >= 15 is 0 Å². The summed E-state index contributed by atoms with van der Waals surface area (Å²) >= 11 is 0. The molecule has 0 aliphatic carbocycles. The molecule has 1 aliphatic heterocycles. The molecule has 2 heterocycles. The lowest BCUT2D eigenvalue weighted by Gasteiger charge is -2.20. The van der Waals surface area contributed by atoms with E-state index in [4.69, 9.17) is 4.74 Å². The smallest absolute Gasteiger partial charge is 0.227 e. The van der Waals surface area contributed by atoms with E-state index in [9.17, 15) is 4.79 Å². The number of aromatic amines is 1. The highest BCUT2D eigenvalue weighted by atomic mass is 16.5. The predicted molar refractivity (Wildman–Crippen MR) is 104 cm³/mol. The second-order valence-corrected chi connectivity index (χ2v) is 6.76. The third-order valence-electron chi connectivity index (χ3n) is 5.11. The summed E-state index contributed by atoms with van der Waals surface area (Å²) in [4.78, 5) is 18.3. The van der Waals surface area contributed by atoms with Gasteiger partial charge in [0.15, 0.2) is 0 Å². The molecule has 2 aromatic carbocycles. The Balaban J connectivity index is 1.43. The predicted octanol–water partition coefficient (Wildman–Crippen LogP) is 3.74. The molecule has 1 amide bonds. The van der Waals surface area contributed by atoms with E-state index in [0.29, 0.717) is 13.0 Å². The molecule has 0 saturated carbocycles. The summed E-state index contributed by atoms with van der Waals surface area (Å²) in [7, 11) is 0. The van der Waals surface area contributed by atoms with Gasteiger partial charge in [-0.1, -0.05) is 30.3 Å². The number of para-hydroxylation sites is 1. The summed E-state index contributed by atoms with van der Waals surface area (Å²) in [5.41, 5.74) is 4.89. The maximum absolute atomic E-state index is 12.8. The number of rotatable bonds is 4. The number of H-pyrrole nitrogens is 1. The molecule has 0 spiro atoms. The highest BCUT2D eigenvalue weighted by molar-refractivity contribution is 5.85. The first-order valence-corrected chi connectivity index (χ1v) is 9.32. The summed E-state index contributed by atoms with van der Waals surface area (Å²) in [5, 5.41) is 1.29. The van der Waals surface area contributed by atoms with Crippen molar-refractivity contribution in [2.24, 2.45) is 0 Å². The molecule has 0 unspecified atom stereocenters. The Morgan fingerprint density at radius 2 is 1.85 bits per heavy atom. The molecular weight excluding hydrogens is 324 g/mol. The maximum atomic E-state index is 12.8. The van der Waals surface area contributed by atoms with Crippen LogP contribution in [0.25, 0.3) is 10.9 Å². The number of carbonyl (C=O) groups is 1. The molecule has 1 N–H and O–H groups in total. The van der Waals surface area contributed by atoms with Crippen LogP contribution in [-0.2, 0) is 24.1 Å². The zero-order valence-corrected chi connectivity index (χ0v) is 15.1. The van der Waals surface area contributed by atoms with Crippen LogP contribution in [0.15, 0.2) is 48.5 Å². The standard InChI is InChI=1S/C22H24N2O2/c1-2-26-17-9-7-16(8-10-17)15-22(25)24-13-11-19-18-5-3-4-6-20(18)23-21(19)12-14-24/h3-10,23H,2,11-15H2,1H3. The third kappa shape index (κ3) is 3.32. The second-order valence-electron chi connectivity index (χ2n) is 6.76. The molecule has 1 aliphatic rings. The van der Waals surface area contributed by atoms with Crippen molar-refractivity contribution in [2.45, 2.75) is 26.2 Å². The van der Waals surface area contributed by atoms with Gasteiger partial charge >= 0.3 is 0 Å². The minimum atomic E-state index is 0.198. The number of benzene rings is 2. The molecule has 0 fully saturated rings. The van der Waals surface area contributed by atoms with Crippen molar-refractivity contribution in [3.63, 3.8) is 0 Å². The number of nitrogens with one attached hydrogen (secondary N) is 1. The SMILES string of the molecule is CCOc1ccc(CC(=O)N2CCc3[nH]c4ccccc4c3CC2)cc1. The Bertz CT molecular complexity index is 912. The molecule has 0 bridgehead atoms. The summed E-state index contributed by atoms with van der Waals surface area (Å²) in [5.74, 6) is 1.05. The van der Waals surface area contributed by atoms with Gasteiger partial charge < -0.3 is 14.6 Å². The largest absolute Gasteiger partial charge is 0.494 e. The Morgan fingerprint density at radius 3 is 2.65 bits per heavy atom. The van der Waals surface area contributed by atoms with E-state index in [1.807, 2.05) is 36.1 Å². The normalized spacial score (nSPS) is 14.1. The van der Waals surface area contributed by atoms with E-state index in [0.717, 1.165) is 37.2 Å². The summed E-state index contributed by atoms with van der Waals surface area (Å²) < 4.78 is 5.46. The van der Waals surface area contributed by atoms with Crippen LogP contribution in [0.4, 0.5) is 0 Å². The number of nitrogens with zero attached hydrogens (tertiary/aromatic N) is 1. The quantitative estimate of drug-likeness (QED) is 0.781. The summed E-state index contributed by atoms with van der Waals surface area (Å²) in [6.07, 6.45) is 2.24. The van der Waals surface area contributed by atoms with E-state index in [-0.39, 0.29) is 5.91 Å². The van der Waals surface area contributed by atoms with Gasteiger partial charge in [0.1, 0.15) is 5.75 Å². The van der Waals surface area contributed by atoms with Gasteiger partial charge in [-0.15, -0.1) is 0 Å². The third-order valence-corrected chi connectivity index (χ3v) is 5.11. The van der Waals surface area contributed by atoms with Crippen LogP contribution in [0.5, 0.6) is 5.75 Å². The van der Waals surface area contributed by atoms with Crippen molar-refractivity contribution in [1.29, 1.82) is 0 Å². The van der Waals surface area contributed by atoms with Crippen molar-refractivity contribution in [3.05, 3.63) is 65.4 Å². The number of ether oxygens (including phenoxy) is 1. The number of aromatic nitrogens is 1. The van der Waals surface area contributed by atoms with Crippen LogP contribution in [0.1, 0.15) is 23.7 Å². The lowest BCUT2D eigenvalue weighted by atomic mass is 10.1. The van der Waals surface area contributed by atoms with Crippen LogP contribution in [0.3, 0.4) is 0 Å². The number of amides is 1. The van der Waals surface area contributed by atoms with Gasteiger partial charge in [-0.2, -0.15) is 0 Å². The first-order chi connectivity index (χ1) is 12.7. The fraction of sp³-hybridized carbons (Fsp3) is 0.318. The minimum Gasteiger partial charge on any atom is -0.494 e. The monoisotopic (exact) mass is 348 g/mol. The molecule has 4 heteroatoms. The van der Waals surface area contributed by atoms with E-state index in [1.54, 1.807) is 0 Å². The molecule has 4 nitrogen and oxygen atoms in total. The Morgan fingerprint density at radius 1 is 1.08 bits per heavy atom. The number of carbonyl (C=O) groups excluding carboxylic acids is 1. The number of hydrogen-bond acceptors (Lipinski definition) is 2. The molecule has 0 atom stereocenters. The van der Waals surface area contributed by atoms with Crippen molar-refractivity contribution in [2.75, 3.05) is 19.7 Å². The molecule has 4 rings (SSSR count). The molecule has 3 aromatic rings. The Labute approximate surface area is 153 Å². The molecule has 134 valence electrons. The van der Waals surface area contributed by atoms with E-state index in [2.05, 4.69) is 29.2 Å². The van der Waals surface area contributed by atoms with Crippen LogP contribution in [0.2, 0.25) is 0 Å². The van der Waals surface area contributed by atoms with Crippen molar-refractivity contribution in [1.82, 2.24) is 9.88 Å². The molecule has 1 aromatic heterocycles. The average Bonchev–Trinajstić information content (AvgIpc) is 2.87. The van der Waals surface area contributed by atoms with E-state index < -0.39 is 0 Å². The average molecular weight is 348 g/mol. The van der Waals surface area contributed by atoms with E-state index in [1.165, 1.54) is 22.2 Å². The Hall–Kier alpha value is -2.75. The van der Waals surface area contributed by atoms with Crippen molar-refractivity contribution < 1.29 is 9.53 Å². The van der Waals surface area contributed by atoms with Crippen LogP contribution in [-0.4, -0.2) is 35.5 Å². The van der Waals surface area contributed by atoms with Gasteiger partial charge in [0.2, 0.25) is 5.91 Å². The summed E-state index contributed by atoms with van der Waals surface area (Å²) in [6.45, 7) is 4.18. The lowest BCUT2D eigenvalue weighted by molar-refractivity contribution is -0.130. The lowest BCUT2D eigenvalue weighted by Crippen LogP contribution is -2.34. The number of hydrogen-bond donors (Lipinski definition) is 1.